The number of pyridine rings is 1. The molecule has 23 heavy (non-hydrogen) atoms. The Bertz CT molecular complexity index is 514. The minimum absolute atomic E-state index is 0.908. The molecule has 0 N–H and O–H groups in total. The Balaban J connectivity index is 1.42. The first-order valence-corrected chi connectivity index (χ1v) is 9.29. The van der Waals surface area contributed by atoms with E-state index in [9.17, 15) is 0 Å². The Morgan fingerprint density at radius 3 is 2.22 bits per heavy atom. The highest BCUT2D eigenvalue weighted by atomic mass is 15.1. The average Bonchev–Trinajstić information content (AvgIpc) is 2.62. The quantitative estimate of drug-likeness (QED) is 0.795. The van der Waals surface area contributed by atoms with Crippen LogP contribution in [0.3, 0.4) is 0 Å². The van der Waals surface area contributed by atoms with Gasteiger partial charge in [0.15, 0.2) is 0 Å². The molecule has 3 nitrogen and oxygen atoms in total. The van der Waals surface area contributed by atoms with E-state index in [0.717, 1.165) is 25.2 Å². The SMILES string of the molecule is C(#Cc1ccc(CN2CCCCC2)cn1)CCN1CCCCC1. The van der Waals surface area contributed by atoms with Crippen LogP contribution in [0.5, 0.6) is 0 Å². The highest BCUT2D eigenvalue weighted by molar-refractivity contribution is 5.29. The van der Waals surface area contributed by atoms with Crippen LogP contribution in [0.1, 0.15) is 56.2 Å². The molecule has 3 rings (SSSR count). The van der Waals surface area contributed by atoms with Crippen molar-refractivity contribution in [3.63, 3.8) is 0 Å². The minimum atomic E-state index is 0.908. The van der Waals surface area contributed by atoms with Crippen LogP contribution in [-0.4, -0.2) is 47.5 Å². The maximum Gasteiger partial charge on any atom is 0.113 e. The van der Waals surface area contributed by atoms with Crippen molar-refractivity contribution in [2.45, 2.75) is 51.5 Å². The van der Waals surface area contributed by atoms with E-state index in [1.54, 1.807) is 0 Å². The molecule has 1 aromatic rings. The Labute approximate surface area is 141 Å². The maximum atomic E-state index is 4.51. The predicted molar refractivity (Wildman–Crippen MR) is 95.2 cm³/mol. The Kier molecular flexibility index (Phi) is 6.49. The Hall–Kier alpha value is -1.37. The van der Waals surface area contributed by atoms with Crippen LogP contribution in [0.4, 0.5) is 0 Å². The molecule has 0 amide bonds. The second kappa shape index (κ2) is 9.05. The molecule has 0 spiro atoms. The third kappa shape index (κ3) is 5.64. The summed E-state index contributed by atoms with van der Waals surface area (Å²) in [5.74, 6) is 6.50. The number of likely N-dealkylation sites (tertiary alicyclic amines) is 2. The lowest BCUT2D eigenvalue weighted by atomic mass is 10.1. The van der Waals surface area contributed by atoms with Gasteiger partial charge in [0, 0.05) is 25.7 Å². The normalized spacial score (nSPS) is 20.0. The number of aromatic nitrogens is 1. The third-order valence-corrected chi connectivity index (χ3v) is 4.90. The second-order valence-corrected chi connectivity index (χ2v) is 6.84. The molecule has 2 fully saturated rings. The van der Waals surface area contributed by atoms with Gasteiger partial charge in [-0.25, -0.2) is 4.98 Å². The monoisotopic (exact) mass is 311 g/mol. The zero-order valence-electron chi connectivity index (χ0n) is 14.3. The van der Waals surface area contributed by atoms with E-state index in [1.165, 1.54) is 70.3 Å². The van der Waals surface area contributed by atoms with E-state index in [0.29, 0.717) is 0 Å². The first-order valence-electron chi connectivity index (χ1n) is 9.29. The predicted octanol–water partition coefficient (Wildman–Crippen LogP) is 3.30. The summed E-state index contributed by atoms with van der Waals surface area (Å²) in [7, 11) is 0. The van der Waals surface area contributed by atoms with Gasteiger partial charge in [0.05, 0.1) is 0 Å². The average molecular weight is 311 g/mol. The third-order valence-electron chi connectivity index (χ3n) is 4.90. The Morgan fingerprint density at radius 2 is 1.57 bits per heavy atom. The van der Waals surface area contributed by atoms with Crippen molar-refractivity contribution in [1.82, 2.24) is 14.8 Å². The lowest BCUT2D eigenvalue weighted by molar-refractivity contribution is 0.220. The smallest absolute Gasteiger partial charge is 0.113 e. The van der Waals surface area contributed by atoms with Crippen LogP contribution in [-0.2, 0) is 6.54 Å². The molecule has 0 atom stereocenters. The van der Waals surface area contributed by atoms with E-state index < -0.39 is 0 Å². The van der Waals surface area contributed by atoms with Gasteiger partial charge in [0.25, 0.3) is 0 Å². The molecule has 0 radical (unpaired) electrons. The molecule has 2 aliphatic rings. The zero-order chi connectivity index (χ0) is 15.7. The van der Waals surface area contributed by atoms with Crippen molar-refractivity contribution in [3.05, 3.63) is 29.6 Å². The number of hydrogen-bond acceptors (Lipinski definition) is 3. The zero-order valence-corrected chi connectivity index (χ0v) is 14.3. The molecular weight excluding hydrogens is 282 g/mol. The molecule has 0 saturated carbocycles. The molecule has 0 aliphatic carbocycles. The van der Waals surface area contributed by atoms with Gasteiger partial charge in [-0.2, -0.15) is 0 Å². The van der Waals surface area contributed by atoms with Crippen LogP contribution in [0.15, 0.2) is 18.3 Å². The summed E-state index contributed by atoms with van der Waals surface area (Å²) in [5.41, 5.74) is 2.22. The van der Waals surface area contributed by atoms with E-state index in [-0.39, 0.29) is 0 Å². The fourth-order valence-corrected chi connectivity index (χ4v) is 3.52. The van der Waals surface area contributed by atoms with Crippen LogP contribution in [0.25, 0.3) is 0 Å². The first kappa shape index (κ1) is 16.5. The number of hydrogen-bond donors (Lipinski definition) is 0. The lowest BCUT2D eigenvalue weighted by Gasteiger charge is -2.26. The summed E-state index contributed by atoms with van der Waals surface area (Å²) in [6, 6.07) is 4.27. The summed E-state index contributed by atoms with van der Waals surface area (Å²) in [4.78, 5) is 9.58. The molecule has 1 aromatic heterocycles. The fourth-order valence-electron chi connectivity index (χ4n) is 3.52. The van der Waals surface area contributed by atoms with Crippen molar-refractivity contribution in [1.29, 1.82) is 0 Å². The Morgan fingerprint density at radius 1 is 0.870 bits per heavy atom. The number of rotatable bonds is 4. The largest absolute Gasteiger partial charge is 0.302 e. The second-order valence-electron chi connectivity index (χ2n) is 6.84. The van der Waals surface area contributed by atoms with Gasteiger partial charge in [-0.05, 0) is 69.4 Å². The van der Waals surface area contributed by atoms with Gasteiger partial charge >= 0.3 is 0 Å². The molecule has 124 valence electrons. The number of nitrogens with zero attached hydrogens (tertiary/aromatic N) is 3. The van der Waals surface area contributed by atoms with Gasteiger partial charge in [-0.1, -0.05) is 24.8 Å². The van der Waals surface area contributed by atoms with Gasteiger partial charge in [-0.15, -0.1) is 0 Å². The lowest BCUT2D eigenvalue weighted by Crippen LogP contribution is -2.30. The standard InChI is InChI=1S/C20H29N3/c1-4-12-22(13-5-1)14-8-3-9-20-11-10-19(17-21-20)18-23-15-6-2-7-16-23/h10-11,17H,1-2,4-8,12-16,18H2. The van der Waals surface area contributed by atoms with Gasteiger partial charge in [0.2, 0.25) is 0 Å². The molecule has 2 saturated heterocycles. The summed E-state index contributed by atoms with van der Waals surface area (Å²) in [5, 5.41) is 0. The summed E-state index contributed by atoms with van der Waals surface area (Å²) in [6.45, 7) is 7.13. The molecule has 0 bridgehead atoms. The van der Waals surface area contributed by atoms with Crippen molar-refractivity contribution in [2.75, 3.05) is 32.7 Å². The van der Waals surface area contributed by atoms with Crippen molar-refractivity contribution >= 4 is 0 Å². The minimum Gasteiger partial charge on any atom is -0.302 e. The maximum absolute atomic E-state index is 4.51. The summed E-state index contributed by atoms with van der Waals surface area (Å²) >= 11 is 0. The van der Waals surface area contributed by atoms with Crippen molar-refractivity contribution < 1.29 is 0 Å². The van der Waals surface area contributed by atoms with Gasteiger partial charge in [0.1, 0.15) is 5.69 Å². The first-order chi connectivity index (χ1) is 11.4. The molecule has 3 heteroatoms. The molecule has 0 unspecified atom stereocenters. The molecule has 0 aromatic carbocycles. The van der Waals surface area contributed by atoms with Crippen molar-refractivity contribution in [2.24, 2.45) is 0 Å². The van der Waals surface area contributed by atoms with E-state index in [1.807, 2.05) is 6.20 Å². The highest BCUT2D eigenvalue weighted by Gasteiger charge is 2.10. The topological polar surface area (TPSA) is 19.4 Å². The van der Waals surface area contributed by atoms with E-state index in [4.69, 9.17) is 0 Å². The summed E-state index contributed by atoms with van der Waals surface area (Å²) in [6.07, 6.45) is 11.1. The van der Waals surface area contributed by atoms with Crippen LogP contribution < -0.4 is 0 Å². The van der Waals surface area contributed by atoms with Crippen LogP contribution >= 0.6 is 0 Å². The van der Waals surface area contributed by atoms with Crippen LogP contribution in [0, 0.1) is 11.8 Å². The van der Waals surface area contributed by atoms with Gasteiger partial charge < -0.3 is 4.90 Å². The van der Waals surface area contributed by atoms with E-state index >= 15 is 0 Å². The molecule has 3 heterocycles. The fraction of sp³-hybridized carbons (Fsp3) is 0.650. The van der Waals surface area contributed by atoms with Crippen LogP contribution in [0.2, 0.25) is 0 Å². The molecular formula is C20H29N3. The van der Waals surface area contributed by atoms with E-state index in [2.05, 4.69) is 38.8 Å². The number of piperidine rings is 2. The van der Waals surface area contributed by atoms with Crippen molar-refractivity contribution in [3.8, 4) is 11.8 Å². The molecule has 2 aliphatic heterocycles. The highest BCUT2D eigenvalue weighted by Crippen LogP contribution is 2.12. The summed E-state index contributed by atoms with van der Waals surface area (Å²) < 4.78 is 0. The van der Waals surface area contributed by atoms with Gasteiger partial charge in [-0.3, -0.25) is 4.90 Å².